The highest BCUT2D eigenvalue weighted by molar-refractivity contribution is 7.89. The van der Waals surface area contributed by atoms with Crippen molar-refractivity contribution in [3.63, 3.8) is 0 Å². The van der Waals surface area contributed by atoms with Crippen molar-refractivity contribution in [2.24, 2.45) is 0 Å². The Kier molecular flexibility index (Phi) is 7.09. The predicted octanol–water partition coefficient (Wildman–Crippen LogP) is 3.05. The van der Waals surface area contributed by atoms with Crippen molar-refractivity contribution in [1.82, 2.24) is 19.0 Å². The molecular weight excluding hydrogens is 438 g/mol. The summed E-state index contributed by atoms with van der Waals surface area (Å²) in [5, 5.41) is 4.25. The van der Waals surface area contributed by atoms with Gasteiger partial charge in [-0.25, -0.2) is 8.42 Å². The highest BCUT2D eigenvalue weighted by atomic mass is 32.2. The molecule has 180 valence electrons. The van der Waals surface area contributed by atoms with Crippen molar-refractivity contribution in [3.05, 3.63) is 41.1 Å². The Bertz CT molecular complexity index is 1100. The lowest BCUT2D eigenvalue weighted by Crippen LogP contribution is -2.49. The third-order valence-corrected chi connectivity index (χ3v) is 8.75. The first-order chi connectivity index (χ1) is 15.8. The standard InChI is InChI=1S/C24H35N5O3S/c1-4-28-18-21(24(30)27-12-7-5-6-8-13-27)23(25-28)33(31,32)29-16-14-26(15-17-29)22-11-9-10-19(2)20(22)3/h9-11,18H,4-8,12-17H2,1-3H3. The zero-order valence-electron chi connectivity index (χ0n) is 20.0. The van der Waals surface area contributed by atoms with Crippen molar-refractivity contribution in [2.75, 3.05) is 44.2 Å². The minimum atomic E-state index is -3.87. The molecule has 0 radical (unpaired) electrons. The second-order valence-electron chi connectivity index (χ2n) is 9.02. The Morgan fingerprint density at radius 3 is 2.27 bits per heavy atom. The average molecular weight is 474 g/mol. The minimum absolute atomic E-state index is 0.0983. The molecule has 2 aliphatic heterocycles. The molecule has 2 aliphatic rings. The number of likely N-dealkylation sites (tertiary alicyclic amines) is 1. The first-order valence-electron chi connectivity index (χ1n) is 12.0. The lowest BCUT2D eigenvalue weighted by molar-refractivity contribution is 0.0757. The lowest BCUT2D eigenvalue weighted by atomic mass is 10.1. The third kappa shape index (κ3) is 4.80. The number of rotatable bonds is 5. The molecule has 0 atom stereocenters. The summed E-state index contributed by atoms with van der Waals surface area (Å²) in [5.74, 6) is -0.218. The van der Waals surface area contributed by atoms with Gasteiger partial charge in [-0.3, -0.25) is 9.48 Å². The number of hydrogen-bond acceptors (Lipinski definition) is 5. The van der Waals surface area contributed by atoms with Gasteiger partial charge in [0, 0.05) is 57.7 Å². The molecule has 33 heavy (non-hydrogen) atoms. The zero-order valence-corrected chi connectivity index (χ0v) is 20.8. The quantitative estimate of drug-likeness (QED) is 0.667. The Morgan fingerprint density at radius 1 is 0.970 bits per heavy atom. The largest absolute Gasteiger partial charge is 0.369 e. The maximum atomic E-state index is 13.6. The van der Waals surface area contributed by atoms with Crippen molar-refractivity contribution < 1.29 is 13.2 Å². The molecule has 1 amide bonds. The first kappa shape index (κ1) is 23.8. The van der Waals surface area contributed by atoms with Gasteiger partial charge in [-0.15, -0.1) is 0 Å². The van der Waals surface area contributed by atoms with E-state index in [1.165, 1.54) is 15.4 Å². The normalized spacial score (nSPS) is 18.4. The molecule has 4 rings (SSSR count). The minimum Gasteiger partial charge on any atom is -0.369 e. The van der Waals surface area contributed by atoms with Gasteiger partial charge in [-0.1, -0.05) is 25.0 Å². The molecule has 2 aromatic rings. The Morgan fingerprint density at radius 2 is 1.64 bits per heavy atom. The number of hydrogen-bond donors (Lipinski definition) is 0. The van der Waals surface area contributed by atoms with Crippen LogP contribution >= 0.6 is 0 Å². The van der Waals surface area contributed by atoms with Gasteiger partial charge < -0.3 is 9.80 Å². The van der Waals surface area contributed by atoms with Gasteiger partial charge in [-0.2, -0.15) is 9.40 Å². The zero-order chi connectivity index (χ0) is 23.6. The number of aryl methyl sites for hydroxylation is 2. The van der Waals surface area contributed by atoms with Gasteiger partial charge in [0.15, 0.2) is 0 Å². The molecule has 1 aromatic carbocycles. The van der Waals surface area contributed by atoms with E-state index in [9.17, 15) is 13.2 Å². The number of carbonyl (C=O) groups is 1. The predicted molar refractivity (Wildman–Crippen MR) is 129 cm³/mol. The van der Waals surface area contributed by atoms with Gasteiger partial charge in [-0.05, 0) is 50.8 Å². The fraction of sp³-hybridized carbons (Fsp3) is 0.583. The van der Waals surface area contributed by atoms with Crippen LogP contribution < -0.4 is 4.90 Å². The highest BCUT2D eigenvalue weighted by Crippen LogP contribution is 2.27. The number of amides is 1. The van der Waals surface area contributed by atoms with Crippen LogP contribution in [0.1, 0.15) is 54.1 Å². The van der Waals surface area contributed by atoms with Crippen LogP contribution in [-0.2, 0) is 16.6 Å². The Balaban J connectivity index is 1.55. The van der Waals surface area contributed by atoms with Crippen LogP contribution in [0.3, 0.4) is 0 Å². The molecule has 0 N–H and O–H groups in total. The summed E-state index contributed by atoms with van der Waals surface area (Å²) in [6.45, 7) is 9.88. The van der Waals surface area contributed by atoms with E-state index in [1.54, 1.807) is 15.8 Å². The van der Waals surface area contributed by atoms with Crippen molar-refractivity contribution >= 4 is 21.6 Å². The molecule has 0 bridgehead atoms. The molecule has 0 unspecified atom stereocenters. The SMILES string of the molecule is CCn1cc(C(=O)N2CCCCCC2)c(S(=O)(=O)N2CCN(c3cccc(C)c3C)CC2)n1. The van der Waals surface area contributed by atoms with E-state index in [0.29, 0.717) is 45.8 Å². The van der Waals surface area contributed by atoms with Crippen LogP contribution in [0.5, 0.6) is 0 Å². The summed E-state index contributed by atoms with van der Waals surface area (Å²) in [5.41, 5.74) is 3.81. The second kappa shape index (κ2) is 9.85. The van der Waals surface area contributed by atoms with E-state index in [2.05, 4.69) is 36.0 Å². The second-order valence-corrected chi connectivity index (χ2v) is 10.9. The number of anilines is 1. The monoisotopic (exact) mass is 473 g/mol. The van der Waals surface area contributed by atoms with E-state index >= 15 is 0 Å². The van der Waals surface area contributed by atoms with E-state index in [4.69, 9.17) is 0 Å². The summed E-state index contributed by atoms with van der Waals surface area (Å²) in [7, 11) is -3.87. The van der Waals surface area contributed by atoms with Gasteiger partial charge in [0.2, 0.25) is 5.03 Å². The fourth-order valence-corrected chi connectivity index (χ4v) is 6.23. The van der Waals surface area contributed by atoms with E-state index < -0.39 is 10.0 Å². The topological polar surface area (TPSA) is 78.8 Å². The molecule has 0 saturated carbocycles. The van der Waals surface area contributed by atoms with E-state index in [-0.39, 0.29) is 16.5 Å². The number of carbonyl (C=O) groups excluding carboxylic acids is 1. The van der Waals surface area contributed by atoms with Crippen LogP contribution in [0.25, 0.3) is 0 Å². The fourth-order valence-electron chi connectivity index (χ4n) is 4.72. The number of sulfonamides is 1. The molecule has 3 heterocycles. The molecule has 0 spiro atoms. The van der Waals surface area contributed by atoms with Gasteiger partial charge >= 0.3 is 0 Å². The molecule has 1 aromatic heterocycles. The highest BCUT2D eigenvalue weighted by Gasteiger charge is 2.36. The summed E-state index contributed by atoms with van der Waals surface area (Å²) in [6.07, 6.45) is 5.72. The summed E-state index contributed by atoms with van der Waals surface area (Å²) in [4.78, 5) is 17.4. The maximum absolute atomic E-state index is 13.6. The van der Waals surface area contributed by atoms with E-state index in [0.717, 1.165) is 31.4 Å². The molecule has 9 heteroatoms. The molecule has 8 nitrogen and oxygen atoms in total. The van der Waals surface area contributed by atoms with Gasteiger partial charge in [0.1, 0.15) is 0 Å². The van der Waals surface area contributed by atoms with Crippen LogP contribution in [0, 0.1) is 13.8 Å². The maximum Gasteiger partial charge on any atom is 0.263 e. The van der Waals surface area contributed by atoms with Crippen molar-refractivity contribution in [1.29, 1.82) is 0 Å². The Labute approximate surface area is 197 Å². The average Bonchev–Trinajstić information content (AvgIpc) is 3.09. The van der Waals surface area contributed by atoms with Crippen LogP contribution in [0.4, 0.5) is 5.69 Å². The van der Waals surface area contributed by atoms with Crippen LogP contribution in [0.15, 0.2) is 29.4 Å². The smallest absolute Gasteiger partial charge is 0.263 e. The molecule has 2 saturated heterocycles. The number of nitrogens with zero attached hydrogens (tertiary/aromatic N) is 5. The molecule has 2 fully saturated rings. The third-order valence-electron chi connectivity index (χ3n) is 6.92. The molecular formula is C24H35N5O3S. The first-order valence-corrected chi connectivity index (χ1v) is 13.4. The van der Waals surface area contributed by atoms with Gasteiger partial charge in [0.25, 0.3) is 15.9 Å². The summed E-state index contributed by atoms with van der Waals surface area (Å²) < 4.78 is 30.3. The number of benzene rings is 1. The van der Waals surface area contributed by atoms with Crippen molar-refractivity contribution in [2.45, 2.75) is 58.0 Å². The van der Waals surface area contributed by atoms with Gasteiger partial charge in [0.05, 0.1) is 5.56 Å². The lowest BCUT2D eigenvalue weighted by Gasteiger charge is -2.36. The summed E-state index contributed by atoms with van der Waals surface area (Å²) >= 11 is 0. The van der Waals surface area contributed by atoms with E-state index in [1.807, 2.05) is 13.0 Å². The summed E-state index contributed by atoms with van der Waals surface area (Å²) in [6, 6.07) is 6.22. The van der Waals surface area contributed by atoms with Crippen molar-refractivity contribution in [3.8, 4) is 0 Å². The van der Waals surface area contributed by atoms with Crippen LogP contribution in [-0.4, -0.2) is 72.6 Å². The number of aromatic nitrogens is 2. The number of piperazine rings is 1. The molecule has 0 aliphatic carbocycles. The van der Waals surface area contributed by atoms with Crippen LogP contribution in [0.2, 0.25) is 0 Å². The Hall–Kier alpha value is -2.39.